The van der Waals surface area contributed by atoms with Crippen LogP contribution in [0.15, 0.2) is 54.6 Å². The first-order valence-electron chi connectivity index (χ1n) is 8.97. The van der Waals surface area contributed by atoms with E-state index in [0.29, 0.717) is 0 Å². The minimum Gasteiger partial charge on any atom is -0.452 e. The highest BCUT2D eigenvalue weighted by molar-refractivity contribution is 7.18. The van der Waals surface area contributed by atoms with Gasteiger partial charge >= 0.3 is 5.97 Å². The molecule has 3 rings (SSSR count). The van der Waals surface area contributed by atoms with E-state index in [4.69, 9.17) is 4.74 Å². The molecule has 0 radical (unpaired) electrons. The zero-order valence-electron chi connectivity index (χ0n) is 16.1. The number of esters is 1. The number of aromatic nitrogens is 1. The molecule has 0 bridgehead atoms. The van der Waals surface area contributed by atoms with E-state index < -0.39 is 5.97 Å². The van der Waals surface area contributed by atoms with Crippen LogP contribution in [0.2, 0.25) is 0 Å². The van der Waals surface area contributed by atoms with Crippen LogP contribution in [0, 0.1) is 6.92 Å². The summed E-state index contributed by atoms with van der Waals surface area (Å²) in [6.45, 7) is 3.57. The van der Waals surface area contributed by atoms with Crippen molar-refractivity contribution >= 4 is 39.5 Å². The number of hydrogen-bond donors (Lipinski definition) is 0. The minimum atomic E-state index is -0.544. The maximum absolute atomic E-state index is 12.4. The number of rotatable bonds is 6. The van der Waals surface area contributed by atoms with E-state index >= 15 is 0 Å². The Morgan fingerprint density at radius 3 is 2.64 bits per heavy atom. The molecule has 5 nitrogen and oxygen atoms in total. The van der Waals surface area contributed by atoms with Crippen molar-refractivity contribution in [1.29, 1.82) is 0 Å². The van der Waals surface area contributed by atoms with Gasteiger partial charge in [-0.15, -0.1) is 11.3 Å². The van der Waals surface area contributed by atoms with E-state index in [2.05, 4.69) is 4.98 Å². The van der Waals surface area contributed by atoms with Gasteiger partial charge in [-0.25, -0.2) is 9.78 Å². The van der Waals surface area contributed by atoms with Gasteiger partial charge in [-0.1, -0.05) is 36.4 Å². The van der Waals surface area contributed by atoms with Crippen LogP contribution < -0.4 is 0 Å². The molecular weight excluding hydrogens is 372 g/mol. The number of hydrogen-bond acceptors (Lipinski definition) is 5. The Morgan fingerprint density at radius 1 is 1.18 bits per heavy atom. The van der Waals surface area contributed by atoms with Crippen LogP contribution >= 0.6 is 11.3 Å². The number of thiazole rings is 1. The molecule has 1 heterocycles. The van der Waals surface area contributed by atoms with E-state index in [-0.39, 0.29) is 18.6 Å². The van der Waals surface area contributed by atoms with Crippen LogP contribution in [0.25, 0.3) is 16.3 Å². The highest BCUT2D eigenvalue weighted by Crippen LogP contribution is 2.28. The fraction of sp³-hybridized carbons (Fsp3) is 0.227. The number of carbonyl (C=O) groups excluding carboxylic acids is 2. The van der Waals surface area contributed by atoms with Gasteiger partial charge in [-0.3, -0.25) is 4.79 Å². The minimum absolute atomic E-state index is 0.203. The van der Waals surface area contributed by atoms with Crippen molar-refractivity contribution in [2.24, 2.45) is 0 Å². The normalized spacial score (nSPS) is 12.2. The fourth-order valence-electron chi connectivity index (χ4n) is 2.66. The molecule has 0 unspecified atom stereocenters. The molecule has 0 N–H and O–H groups in total. The molecule has 1 atom stereocenters. The lowest BCUT2D eigenvalue weighted by Crippen LogP contribution is -2.33. The standard InChI is InChI=1S/C22H22N2O3S/c1-15-8-4-5-9-17(15)12-13-21(26)27-14-20(25)24(3)16(2)22-23-18-10-6-7-11-19(18)28-22/h4-13,16H,14H2,1-3H3/b13-12+/t16-/m0/s1. The highest BCUT2D eigenvalue weighted by Gasteiger charge is 2.21. The average Bonchev–Trinajstić information content (AvgIpc) is 3.14. The second-order valence-corrected chi connectivity index (χ2v) is 7.56. The SMILES string of the molecule is Cc1ccccc1/C=C/C(=O)OCC(=O)N(C)[C@@H](C)c1nc2ccccc2s1. The monoisotopic (exact) mass is 394 g/mol. The Morgan fingerprint density at radius 2 is 1.89 bits per heavy atom. The zero-order valence-corrected chi connectivity index (χ0v) is 16.9. The maximum Gasteiger partial charge on any atom is 0.331 e. The quantitative estimate of drug-likeness (QED) is 0.460. The van der Waals surface area contributed by atoms with Crippen molar-refractivity contribution in [3.63, 3.8) is 0 Å². The topological polar surface area (TPSA) is 59.5 Å². The van der Waals surface area contributed by atoms with Gasteiger partial charge in [0.2, 0.25) is 0 Å². The van der Waals surface area contributed by atoms with Crippen LogP contribution in [0.1, 0.15) is 29.1 Å². The molecule has 0 aliphatic carbocycles. The van der Waals surface area contributed by atoms with Crippen molar-refractivity contribution < 1.29 is 14.3 Å². The van der Waals surface area contributed by atoms with Crippen LogP contribution in [0.5, 0.6) is 0 Å². The van der Waals surface area contributed by atoms with E-state index in [9.17, 15) is 9.59 Å². The third-order valence-electron chi connectivity index (χ3n) is 4.57. The Labute approximate surface area is 168 Å². The van der Waals surface area contributed by atoms with Gasteiger partial charge in [0.15, 0.2) is 6.61 Å². The summed E-state index contributed by atoms with van der Waals surface area (Å²) in [5, 5.41) is 0.850. The van der Waals surface area contributed by atoms with Crippen LogP contribution in [0.4, 0.5) is 0 Å². The lowest BCUT2D eigenvalue weighted by molar-refractivity contribution is -0.148. The molecule has 144 valence electrons. The van der Waals surface area contributed by atoms with E-state index in [1.54, 1.807) is 29.4 Å². The lowest BCUT2D eigenvalue weighted by atomic mass is 10.1. The summed E-state index contributed by atoms with van der Waals surface area (Å²) in [5.74, 6) is -0.818. The molecule has 1 amide bonds. The number of ether oxygens (including phenoxy) is 1. The second kappa shape index (κ2) is 8.80. The molecule has 2 aromatic carbocycles. The number of para-hydroxylation sites is 1. The van der Waals surface area contributed by atoms with Gasteiger partial charge in [-0.05, 0) is 43.2 Å². The van der Waals surface area contributed by atoms with Crippen molar-refractivity contribution in [3.05, 3.63) is 70.7 Å². The molecule has 0 aliphatic heterocycles. The van der Waals surface area contributed by atoms with Crippen molar-refractivity contribution in [3.8, 4) is 0 Å². The summed E-state index contributed by atoms with van der Waals surface area (Å²) in [6, 6.07) is 15.4. The molecule has 0 fully saturated rings. The van der Waals surface area contributed by atoms with Gasteiger partial charge < -0.3 is 9.64 Å². The van der Waals surface area contributed by atoms with Gasteiger partial charge in [0.25, 0.3) is 5.91 Å². The van der Waals surface area contributed by atoms with Gasteiger partial charge in [0.05, 0.1) is 16.3 Å². The third-order valence-corrected chi connectivity index (χ3v) is 5.77. The van der Waals surface area contributed by atoms with Gasteiger partial charge in [0, 0.05) is 13.1 Å². The Balaban J connectivity index is 1.56. The number of aryl methyl sites for hydroxylation is 1. The smallest absolute Gasteiger partial charge is 0.331 e. The highest BCUT2D eigenvalue weighted by atomic mass is 32.1. The first-order chi connectivity index (χ1) is 13.5. The predicted molar refractivity (Wildman–Crippen MR) is 112 cm³/mol. The molecular formula is C22H22N2O3S. The summed E-state index contributed by atoms with van der Waals surface area (Å²) in [6.07, 6.45) is 3.03. The van der Waals surface area contributed by atoms with Gasteiger partial charge in [-0.2, -0.15) is 0 Å². The maximum atomic E-state index is 12.4. The van der Waals surface area contributed by atoms with Crippen LogP contribution in [-0.2, 0) is 14.3 Å². The molecule has 0 saturated carbocycles. The Kier molecular flexibility index (Phi) is 6.21. The molecule has 0 spiro atoms. The second-order valence-electron chi connectivity index (χ2n) is 6.50. The summed E-state index contributed by atoms with van der Waals surface area (Å²) < 4.78 is 6.18. The molecule has 0 aliphatic rings. The zero-order chi connectivity index (χ0) is 20.1. The number of carbonyl (C=O) groups is 2. The van der Waals surface area contributed by atoms with Crippen molar-refractivity contribution in [2.45, 2.75) is 19.9 Å². The third kappa shape index (κ3) is 4.64. The predicted octanol–water partition coefficient (Wildman–Crippen LogP) is 4.38. The number of nitrogens with zero attached hydrogens (tertiary/aromatic N) is 2. The first kappa shape index (κ1) is 19.8. The van der Waals surface area contributed by atoms with Gasteiger partial charge in [0.1, 0.15) is 5.01 Å². The average molecular weight is 394 g/mol. The number of fused-ring (bicyclic) bond motifs is 1. The Bertz CT molecular complexity index is 992. The number of likely N-dealkylation sites (N-methyl/N-ethyl adjacent to an activating group) is 1. The van der Waals surface area contributed by atoms with Crippen molar-refractivity contribution in [1.82, 2.24) is 9.88 Å². The van der Waals surface area contributed by atoms with E-state index in [1.807, 2.05) is 62.4 Å². The van der Waals surface area contributed by atoms with Crippen LogP contribution in [0.3, 0.4) is 0 Å². The summed E-state index contributed by atoms with van der Waals surface area (Å²) in [5.41, 5.74) is 2.92. The van der Waals surface area contributed by atoms with E-state index in [1.165, 1.54) is 6.08 Å². The summed E-state index contributed by atoms with van der Waals surface area (Å²) in [4.78, 5) is 30.5. The van der Waals surface area contributed by atoms with Crippen molar-refractivity contribution in [2.75, 3.05) is 13.7 Å². The molecule has 6 heteroatoms. The Hall–Kier alpha value is -2.99. The molecule has 0 saturated heterocycles. The number of amides is 1. The lowest BCUT2D eigenvalue weighted by Gasteiger charge is -2.22. The largest absolute Gasteiger partial charge is 0.452 e. The molecule has 3 aromatic rings. The number of benzene rings is 2. The fourth-order valence-corrected chi connectivity index (χ4v) is 3.73. The molecule has 1 aromatic heterocycles. The van der Waals surface area contributed by atoms with Crippen LogP contribution in [-0.4, -0.2) is 35.4 Å². The molecule has 28 heavy (non-hydrogen) atoms. The van der Waals surface area contributed by atoms with E-state index in [0.717, 1.165) is 26.4 Å². The summed E-state index contributed by atoms with van der Waals surface area (Å²) >= 11 is 1.56. The first-order valence-corrected chi connectivity index (χ1v) is 9.79. The summed E-state index contributed by atoms with van der Waals surface area (Å²) in [7, 11) is 1.69.